The number of benzene rings is 2. The summed E-state index contributed by atoms with van der Waals surface area (Å²) in [5.74, 6) is -1.84. The minimum Gasteiger partial charge on any atom is -0.206 e. The van der Waals surface area contributed by atoms with Gasteiger partial charge in [-0.25, -0.2) is 13.2 Å². The first-order valence-corrected chi connectivity index (χ1v) is 8.53. The lowest BCUT2D eigenvalue weighted by Crippen LogP contribution is -2.08. The summed E-state index contributed by atoms with van der Waals surface area (Å²) >= 11 is 0. The van der Waals surface area contributed by atoms with Crippen LogP contribution in [0.1, 0.15) is 48.4 Å². The molecule has 0 N–H and O–H groups in total. The average molecular weight is 330 g/mol. The Morgan fingerprint density at radius 1 is 0.958 bits per heavy atom. The van der Waals surface area contributed by atoms with Crippen molar-refractivity contribution in [2.45, 2.75) is 45.4 Å². The van der Waals surface area contributed by atoms with Crippen molar-refractivity contribution in [1.29, 1.82) is 0 Å². The summed E-state index contributed by atoms with van der Waals surface area (Å²) in [6.45, 7) is 2.14. The molecule has 0 aliphatic heterocycles. The van der Waals surface area contributed by atoms with Gasteiger partial charge in [0, 0.05) is 5.56 Å². The van der Waals surface area contributed by atoms with Crippen LogP contribution >= 0.6 is 0 Å². The maximum Gasteiger partial charge on any atom is 0.162 e. The van der Waals surface area contributed by atoms with E-state index in [0.717, 1.165) is 48.4 Å². The molecule has 0 atom stereocenters. The van der Waals surface area contributed by atoms with Crippen molar-refractivity contribution in [1.82, 2.24) is 0 Å². The Balaban J connectivity index is 1.81. The van der Waals surface area contributed by atoms with Gasteiger partial charge in [0.05, 0.1) is 0 Å². The van der Waals surface area contributed by atoms with Gasteiger partial charge in [0.2, 0.25) is 0 Å². The summed E-state index contributed by atoms with van der Waals surface area (Å²) < 4.78 is 41.6. The van der Waals surface area contributed by atoms with Crippen molar-refractivity contribution < 1.29 is 13.2 Å². The van der Waals surface area contributed by atoms with Gasteiger partial charge in [-0.2, -0.15) is 0 Å². The molecule has 0 heterocycles. The summed E-state index contributed by atoms with van der Waals surface area (Å²) in [6, 6.07) is 8.12. The number of aryl methyl sites for hydroxylation is 1. The van der Waals surface area contributed by atoms with Gasteiger partial charge >= 0.3 is 0 Å². The monoisotopic (exact) mass is 330 g/mol. The van der Waals surface area contributed by atoms with Crippen LogP contribution in [0, 0.1) is 17.5 Å². The van der Waals surface area contributed by atoms with Gasteiger partial charge in [0.15, 0.2) is 11.6 Å². The first kappa shape index (κ1) is 16.8. The van der Waals surface area contributed by atoms with Crippen LogP contribution in [0.4, 0.5) is 13.2 Å². The van der Waals surface area contributed by atoms with Crippen molar-refractivity contribution in [3.63, 3.8) is 0 Å². The molecule has 126 valence electrons. The quantitative estimate of drug-likeness (QED) is 0.588. The van der Waals surface area contributed by atoms with Crippen molar-refractivity contribution in [2.24, 2.45) is 0 Å². The van der Waals surface area contributed by atoms with E-state index < -0.39 is 11.6 Å². The Labute approximate surface area is 141 Å². The van der Waals surface area contributed by atoms with E-state index in [0.29, 0.717) is 24.0 Å². The van der Waals surface area contributed by atoms with Crippen LogP contribution in [0.2, 0.25) is 0 Å². The third-order valence-corrected chi connectivity index (χ3v) is 4.68. The average Bonchev–Trinajstić information content (AvgIpc) is 2.58. The zero-order valence-corrected chi connectivity index (χ0v) is 13.8. The van der Waals surface area contributed by atoms with Gasteiger partial charge < -0.3 is 0 Å². The van der Waals surface area contributed by atoms with E-state index in [1.54, 1.807) is 18.2 Å². The fourth-order valence-corrected chi connectivity index (χ4v) is 3.28. The van der Waals surface area contributed by atoms with Crippen molar-refractivity contribution >= 4 is 5.57 Å². The van der Waals surface area contributed by atoms with Crippen molar-refractivity contribution in [3.8, 4) is 0 Å². The molecule has 0 radical (unpaired) electrons. The molecule has 2 aromatic rings. The van der Waals surface area contributed by atoms with Crippen LogP contribution in [0.3, 0.4) is 0 Å². The lowest BCUT2D eigenvalue weighted by atomic mass is 9.87. The van der Waals surface area contributed by atoms with E-state index in [1.165, 1.54) is 0 Å². The number of fused-ring (bicyclic) bond motifs is 1. The van der Waals surface area contributed by atoms with E-state index in [9.17, 15) is 13.2 Å². The molecule has 0 fully saturated rings. The molecule has 3 rings (SSSR count). The molecule has 0 saturated carbocycles. The molecule has 0 bridgehead atoms. The van der Waals surface area contributed by atoms with Crippen molar-refractivity contribution in [2.75, 3.05) is 0 Å². The van der Waals surface area contributed by atoms with E-state index >= 15 is 0 Å². The number of allylic oxidation sites excluding steroid dienone is 2. The number of unbranched alkanes of at least 4 members (excludes halogenated alkanes) is 2. The summed E-state index contributed by atoms with van der Waals surface area (Å²) in [5, 5.41) is 0. The predicted octanol–water partition coefficient (Wildman–Crippen LogP) is 6.02. The summed E-state index contributed by atoms with van der Waals surface area (Å²) in [4.78, 5) is 0. The fraction of sp³-hybridized carbons (Fsp3) is 0.333. The molecular formula is C21H21F3. The van der Waals surface area contributed by atoms with Crippen LogP contribution in [0.5, 0.6) is 0 Å². The van der Waals surface area contributed by atoms with Gasteiger partial charge in [0.1, 0.15) is 5.82 Å². The minimum absolute atomic E-state index is 0.235. The molecule has 0 spiro atoms. The first-order chi connectivity index (χ1) is 11.6. The van der Waals surface area contributed by atoms with Gasteiger partial charge in [-0.05, 0) is 60.1 Å². The zero-order chi connectivity index (χ0) is 17.1. The second kappa shape index (κ2) is 7.25. The predicted molar refractivity (Wildman–Crippen MR) is 91.4 cm³/mol. The Morgan fingerprint density at radius 2 is 1.79 bits per heavy atom. The Kier molecular flexibility index (Phi) is 5.08. The summed E-state index contributed by atoms with van der Waals surface area (Å²) in [6.07, 6.45) is 6.77. The van der Waals surface area contributed by atoms with E-state index in [-0.39, 0.29) is 5.82 Å². The van der Waals surface area contributed by atoms with Crippen LogP contribution in [-0.4, -0.2) is 0 Å². The SMILES string of the molecule is CCCCCc1ccc(C2=CCc3c(ccc(F)c3F)C2)c(F)c1. The molecule has 0 nitrogen and oxygen atoms in total. The standard InChI is InChI=1S/C21H21F3/c1-2-3-4-5-14-6-9-17(20(23)12-14)15-7-10-18-16(13-15)8-11-19(22)21(18)24/h6-9,11-12H,2-5,10,13H2,1H3. The highest BCUT2D eigenvalue weighted by molar-refractivity contribution is 5.71. The van der Waals surface area contributed by atoms with Gasteiger partial charge in [-0.15, -0.1) is 0 Å². The summed E-state index contributed by atoms with van der Waals surface area (Å²) in [7, 11) is 0. The minimum atomic E-state index is -0.826. The van der Waals surface area contributed by atoms with Gasteiger partial charge in [-0.1, -0.05) is 44.0 Å². The van der Waals surface area contributed by atoms with Crippen LogP contribution < -0.4 is 0 Å². The molecule has 0 amide bonds. The second-order valence-corrected chi connectivity index (χ2v) is 6.38. The highest BCUT2D eigenvalue weighted by Gasteiger charge is 2.20. The first-order valence-electron chi connectivity index (χ1n) is 8.53. The normalized spacial score (nSPS) is 13.6. The molecule has 0 saturated heterocycles. The van der Waals surface area contributed by atoms with Crippen LogP contribution in [0.15, 0.2) is 36.4 Å². The lowest BCUT2D eigenvalue weighted by Gasteiger charge is -2.19. The Morgan fingerprint density at radius 3 is 2.54 bits per heavy atom. The van der Waals surface area contributed by atoms with E-state index in [1.807, 2.05) is 12.1 Å². The number of halogens is 3. The zero-order valence-electron chi connectivity index (χ0n) is 13.8. The van der Waals surface area contributed by atoms with E-state index in [4.69, 9.17) is 0 Å². The molecule has 0 unspecified atom stereocenters. The number of hydrogen-bond donors (Lipinski definition) is 0. The highest BCUT2D eigenvalue weighted by Crippen LogP contribution is 2.31. The van der Waals surface area contributed by atoms with Crippen LogP contribution in [-0.2, 0) is 19.3 Å². The number of hydrogen-bond acceptors (Lipinski definition) is 0. The van der Waals surface area contributed by atoms with E-state index in [2.05, 4.69) is 6.92 Å². The molecule has 0 aromatic heterocycles. The third-order valence-electron chi connectivity index (χ3n) is 4.68. The highest BCUT2D eigenvalue weighted by atomic mass is 19.2. The molecule has 24 heavy (non-hydrogen) atoms. The van der Waals surface area contributed by atoms with Gasteiger partial charge in [-0.3, -0.25) is 0 Å². The molecule has 2 aromatic carbocycles. The topological polar surface area (TPSA) is 0 Å². The molecule has 1 aliphatic carbocycles. The Bertz CT molecular complexity index is 775. The maximum absolute atomic E-state index is 14.5. The molecular weight excluding hydrogens is 309 g/mol. The van der Waals surface area contributed by atoms with Crippen LogP contribution in [0.25, 0.3) is 5.57 Å². The summed E-state index contributed by atoms with van der Waals surface area (Å²) in [5.41, 5.74) is 3.53. The Hall–Kier alpha value is -2.03. The largest absolute Gasteiger partial charge is 0.206 e. The third kappa shape index (κ3) is 3.40. The fourth-order valence-electron chi connectivity index (χ4n) is 3.28. The molecule has 1 aliphatic rings. The van der Waals surface area contributed by atoms with Gasteiger partial charge in [0.25, 0.3) is 0 Å². The smallest absolute Gasteiger partial charge is 0.162 e. The lowest BCUT2D eigenvalue weighted by molar-refractivity contribution is 0.499. The second-order valence-electron chi connectivity index (χ2n) is 6.38. The molecule has 3 heteroatoms. The number of rotatable bonds is 5. The maximum atomic E-state index is 14.5. The van der Waals surface area contributed by atoms with Crippen molar-refractivity contribution in [3.05, 3.63) is 76.1 Å².